The summed E-state index contributed by atoms with van der Waals surface area (Å²) < 4.78 is 12.7. The summed E-state index contributed by atoms with van der Waals surface area (Å²) in [5.74, 6) is 1.14. The summed E-state index contributed by atoms with van der Waals surface area (Å²) >= 11 is 11.9. The standard InChI is InChI=1S/C21H15Cl2N3O3/c1-28-18-4-3-5-19(29-2)20(18)17-11-15(21(23)27)25-26(17)16-8-9-24-14-10-12(22)6-7-13(14)16/h3-11H,1-2H3. The number of benzene rings is 2. The lowest BCUT2D eigenvalue weighted by molar-refractivity contribution is 0.107. The van der Waals surface area contributed by atoms with Gasteiger partial charge in [0.05, 0.1) is 36.7 Å². The zero-order chi connectivity index (χ0) is 20.5. The van der Waals surface area contributed by atoms with Crippen LogP contribution in [0.5, 0.6) is 11.5 Å². The van der Waals surface area contributed by atoms with Crippen LogP contribution in [0.15, 0.2) is 54.7 Å². The minimum Gasteiger partial charge on any atom is -0.496 e. The summed E-state index contributed by atoms with van der Waals surface area (Å²) in [6, 6.07) is 14.2. The number of carbonyl (C=O) groups is 1. The van der Waals surface area contributed by atoms with Crippen molar-refractivity contribution in [3.05, 3.63) is 65.4 Å². The molecule has 0 saturated carbocycles. The van der Waals surface area contributed by atoms with Crippen LogP contribution in [0, 0.1) is 0 Å². The lowest BCUT2D eigenvalue weighted by Gasteiger charge is -2.15. The van der Waals surface area contributed by atoms with Gasteiger partial charge in [-0.3, -0.25) is 9.78 Å². The number of nitrogens with zero attached hydrogens (tertiary/aromatic N) is 3. The fourth-order valence-corrected chi connectivity index (χ4v) is 3.49. The maximum absolute atomic E-state index is 11.9. The van der Waals surface area contributed by atoms with Crippen molar-refractivity contribution in [1.29, 1.82) is 0 Å². The van der Waals surface area contributed by atoms with E-state index < -0.39 is 5.24 Å². The summed E-state index contributed by atoms with van der Waals surface area (Å²) in [5, 5.41) is 5.16. The number of aromatic nitrogens is 3. The van der Waals surface area contributed by atoms with E-state index in [2.05, 4.69) is 10.1 Å². The highest BCUT2D eigenvalue weighted by molar-refractivity contribution is 6.67. The smallest absolute Gasteiger partial charge is 0.272 e. The van der Waals surface area contributed by atoms with Gasteiger partial charge in [-0.25, -0.2) is 4.68 Å². The Hall–Kier alpha value is -3.09. The molecule has 8 heteroatoms. The molecule has 0 aliphatic heterocycles. The third-order valence-electron chi connectivity index (χ3n) is 4.50. The first-order valence-corrected chi connectivity index (χ1v) is 9.35. The zero-order valence-electron chi connectivity index (χ0n) is 15.5. The van der Waals surface area contributed by atoms with Crippen LogP contribution in [-0.4, -0.2) is 34.2 Å². The number of ether oxygens (including phenoxy) is 2. The molecule has 0 spiro atoms. The molecule has 0 saturated heterocycles. The Bertz CT molecular complexity index is 1220. The number of hydrogen-bond acceptors (Lipinski definition) is 5. The van der Waals surface area contributed by atoms with E-state index in [1.54, 1.807) is 49.4 Å². The van der Waals surface area contributed by atoms with Gasteiger partial charge in [-0.15, -0.1) is 0 Å². The molecule has 0 N–H and O–H groups in total. The molecule has 146 valence electrons. The summed E-state index contributed by atoms with van der Waals surface area (Å²) in [6.07, 6.45) is 1.65. The van der Waals surface area contributed by atoms with Crippen LogP contribution in [0.1, 0.15) is 10.5 Å². The minimum absolute atomic E-state index is 0.105. The van der Waals surface area contributed by atoms with Crippen molar-refractivity contribution in [3.63, 3.8) is 0 Å². The van der Waals surface area contributed by atoms with Gasteiger partial charge in [-0.1, -0.05) is 17.7 Å². The molecule has 2 heterocycles. The van der Waals surface area contributed by atoms with Crippen molar-refractivity contribution in [2.24, 2.45) is 0 Å². The average molecular weight is 428 g/mol. The molecule has 0 fully saturated rings. The van der Waals surface area contributed by atoms with Crippen LogP contribution in [0.4, 0.5) is 0 Å². The number of methoxy groups -OCH3 is 2. The van der Waals surface area contributed by atoms with E-state index in [0.717, 1.165) is 5.39 Å². The Morgan fingerprint density at radius 2 is 1.76 bits per heavy atom. The Balaban J connectivity index is 2.07. The highest BCUT2D eigenvalue weighted by Crippen LogP contribution is 2.40. The molecule has 0 radical (unpaired) electrons. The molecule has 2 aromatic carbocycles. The van der Waals surface area contributed by atoms with Crippen molar-refractivity contribution in [1.82, 2.24) is 14.8 Å². The van der Waals surface area contributed by atoms with Crippen molar-refractivity contribution in [2.45, 2.75) is 0 Å². The lowest BCUT2D eigenvalue weighted by Crippen LogP contribution is -2.03. The highest BCUT2D eigenvalue weighted by atomic mass is 35.5. The van der Waals surface area contributed by atoms with E-state index in [0.29, 0.717) is 39.0 Å². The average Bonchev–Trinajstić information content (AvgIpc) is 3.17. The van der Waals surface area contributed by atoms with E-state index in [4.69, 9.17) is 32.7 Å². The second-order valence-corrected chi connectivity index (χ2v) is 6.91. The zero-order valence-corrected chi connectivity index (χ0v) is 17.0. The monoisotopic (exact) mass is 427 g/mol. The number of carbonyl (C=O) groups excluding carboxylic acids is 1. The first-order chi connectivity index (χ1) is 14.0. The number of pyridine rings is 1. The molecular weight excluding hydrogens is 413 g/mol. The molecule has 0 unspecified atom stereocenters. The third kappa shape index (κ3) is 3.41. The van der Waals surface area contributed by atoms with Gasteiger partial charge in [-0.2, -0.15) is 5.10 Å². The van der Waals surface area contributed by atoms with Crippen molar-refractivity contribution in [3.8, 4) is 28.4 Å². The summed E-state index contributed by atoms with van der Waals surface area (Å²) in [5.41, 5.74) is 2.74. The Morgan fingerprint density at radius 3 is 2.41 bits per heavy atom. The predicted molar refractivity (Wildman–Crippen MR) is 113 cm³/mol. The van der Waals surface area contributed by atoms with Crippen LogP contribution in [-0.2, 0) is 0 Å². The van der Waals surface area contributed by atoms with Crippen LogP contribution in [0.2, 0.25) is 5.02 Å². The SMILES string of the molecule is COc1cccc(OC)c1-c1cc(C(=O)Cl)nn1-c1ccnc2cc(Cl)ccc12. The number of rotatable bonds is 5. The van der Waals surface area contributed by atoms with Gasteiger partial charge in [0, 0.05) is 16.6 Å². The molecule has 0 aliphatic rings. The molecule has 0 amide bonds. The van der Waals surface area contributed by atoms with Gasteiger partial charge in [0.1, 0.15) is 17.2 Å². The van der Waals surface area contributed by atoms with Crippen LogP contribution >= 0.6 is 23.2 Å². The van der Waals surface area contributed by atoms with Gasteiger partial charge in [0.25, 0.3) is 5.24 Å². The van der Waals surface area contributed by atoms with Crippen LogP contribution < -0.4 is 9.47 Å². The van der Waals surface area contributed by atoms with Gasteiger partial charge in [0.2, 0.25) is 0 Å². The van der Waals surface area contributed by atoms with E-state index in [-0.39, 0.29) is 5.69 Å². The van der Waals surface area contributed by atoms with Gasteiger partial charge in [-0.05, 0) is 54.1 Å². The van der Waals surface area contributed by atoms with E-state index >= 15 is 0 Å². The van der Waals surface area contributed by atoms with E-state index in [9.17, 15) is 4.79 Å². The van der Waals surface area contributed by atoms with Crippen LogP contribution in [0.25, 0.3) is 27.8 Å². The van der Waals surface area contributed by atoms with Crippen molar-refractivity contribution >= 4 is 39.3 Å². The fourth-order valence-electron chi connectivity index (χ4n) is 3.23. The molecule has 29 heavy (non-hydrogen) atoms. The molecule has 0 atom stereocenters. The van der Waals surface area contributed by atoms with Crippen LogP contribution in [0.3, 0.4) is 0 Å². The largest absolute Gasteiger partial charge is 0.496 e. The molecule has 6 nitrogen and oxygen atoms in total. The predicted octanol–water partition coefficient (Wildman–Crippen LogP) is 5.14. The molecule has 0 aliphatic carbocycles. The third-order valence-corrected chi connectivity index (χ3v) is 4.93. The van der Waals surface area contributed by atoms with Gasteiger partial charge < -0.3 is 9.47 Å². The highest BCUT2D eigenvalue weighted by Gasteiger charge is 2.22. The van der Waals surface area contributed by atoms with E-state index in [1.165, 1.54) is 0 Å². The topological polar surface area (TPSA) is 66.2 Å². The maximum Gasteiger partial charge on any atom is 0.272 e. The Labute approximate surface area is 176 Å². The quantitative estimate of drug-likeness (QED) is 0.412. The number of hydrogen-bond donors (Lipinski definition) is 0. The van der Waals surface area contributed by atoms with Gasteiger partial charge >= 0.3 is 0 Å². The molecule has 4 rings (SSSR count). The second kappa shape index (κ2) is 7.73. The second-order valence-electron chi connectivity index (χ2n) is 6.13. The summed E-state index contributed by atoms with van der Waals surface area (Å²) in [6.45, 7) is 0. The minimum atomic E-state index is -0.666. The molecular formula is C21H15Cl2N3O3. The van der Waals surface area contributed by atoms with Crippen molar-refractivity contribution < 1.29 is 14.3 Å². The molecule has 0 bridgehead atoms. The molecule has 2 aromatic heterocycles. The van der Waals surface area contributed by atoms with Gasteiger partial charge in [0.15, 0.2) is 0 Å². The Kier molecular flexibility index (Phi) is 5.13. The number of halogens is 2. The lowest BCUT2D eigenvalue weighted by atomic mass is 10.1. The maximum atomic E-state index is 11.9. The van der Waals surface area contributed by atoms with E-state index in [1.807, 2.05) is 24.3 Å². The fraction of sp³-hybridized carbons (Fsp3) is 0.0952. The normalized spacial score (nSPS) is 10.9. The van der Waals surface area contributed by atoms with Crippen molar-refractivity contribution in [2.75, 3.05) is 14.2 Å². The first kappa shape index (κ1) is 19.2. The summed E-state index contributed by atoms with van der Waals surface area (Å²) in [4.78, 5) is 16.3. The molecule has 4 aromatic rings. The first-order valence-electron chi connectivity index (χ1n) is 8.59. The number of fused-ring (bicyclic) bond motifs is 1. The summed E-state index contributed by atoms with van der Waals surface area (Å²) in [7, 11) is 3.13. The Morgan fingerprint density at radius 1 is 1.03 bits per heavy atom.